The Hall–Kier alpha value is 2.63. The van der Waals surface area contributed by atoms with Gasteiger partial charge in [0.2, 0.25) is 0 Å². The van der Waals surface area contributed by atoms with Crippen molar-refractivity contribution in [2.24, 2.45) is 0 Å². The van der Waals surface area contributed by atoms with Crippen molar-refractivity contribution < 1.29 is 18.0 Å². The molecule has 50 heavy (non-hydrogen) atoms. The first-order valence-corrected chi connectivity index (χ1v) is 34.8. The molecule has 0 aromatic heterocycles. The number of hydrogen-bond acceptors (Lipinski definition) is 0. The monoisotopic (exact) mass is 984 g/mol. The summed E-state index contributed by atoms with van der Waals surface area (Å²) < 4.78 is 0. The zero-order valence-electron chi connectivity index (χ0n) is 31.5. The van der Waals surface area contributed by atoms with Gasteiger partial charge in [0.15, 0.2) is 0 Å². The third-order valence-electron chi connectivity index (χ3n) is 8.64. The molecule has 0 atom stereocenters. The predicted molar refractivity (Wildman–Crippen MR) is 240 cm³/mol. The van der Waals surface area contributed by atoms with E-state index in [1.807, 2.05) is 0 Å². The SMILES string of the molecule is CCCC[P+](CCCC)(CCCC)Cc1ccccc1.CCCC[P+](CCCC)(CCCC)Cc1ccccc1.[Cl][Co-]([Cl])([Cl])[Cl].[Cl][Co-]([Cl])([Cl])[Cl]. The van der Waals surface area contributed by atoms with E-state index in [0.717, 1.165) is 0 Å². The molecule has 0 unspecified atom stereocenters. The molecule has 0 saturated carbocycles. The van der Waals surface area contributed by atoms with Crippen molar-refractivity contribution >= 4 is 95.7 Å². The Kier molecular flexibility index (Phi) is 36.9. The van der Waals surface area contributed by atoms with E-state index in [1.54, 1.807) is 11.1 Å². The Morgan fingerprint density at radius 3 is 0.700 bits per heavy atom. The molecule has 0 saturated heterocycles. The average molecular weight is 988 g/mol. The summed E-state index contributed by atoms with van der Waals surface area (Å²) in [5.41, 5.74) is 3.17. The standard InChI is InChI=1S/2C19H34P.8ClH.2Co/c2*1-4-7-15-20(16-8-5-2,17-9-6-3)18-19-13-11-10-12-14-19;;;;;;;;;;/h2*10-14H,4-9,15-18H2,1-3H3;8*1H;;/q2*+1;;;;;;;;;2*+3/p-8. The number of hydrogen-bond donors (Lipinski definition) is 0. The Labute approximate surface area is 349 Å². The molecule has 0 radical (unpaired) electrons. The molecule has 2 rings (SSSR count). The van der Waals surface area contributed by atoms with E-state index >= 15 is 0 Å². The van der Waals surface area contributed by atoms with Crippen molar-refractivity contribution in [2.75, 3.05) is 37.0 Å². The van der Waals surface area contributed by atoms with Crippen molar-refractivity contribution in [3.05, 3.63) is 71.8 Å². The molecule has 0 amide bonds. The van der Waals surface area contributed by atoms with Gasteiger partial charge in [-0.05, 0) is 49.7 Å². The fraction of sp³-hybridized carbons (Fsp3) is 0.684. The maximum absolute atomic E-state index is 4.94. The van der Waals surface area contributed by atoms with Crippen LogP contribution in [0.25, 0.3) is 0 Å². The van der Waals surface area contributed by atoms with E-state index in [4.69, 9.17) is 81.2 Å². The van der Waals surface area contributed by atoms with E-state index < -0.39 is 32.5 Å². The predicted octanol–water partition coefficient (Wildman–Crippen LogP) is 18.7. The molecule has 2 aromatic carbocycles. The van der Waals surface area contributed by atoms with Gasteiger partial charge in [-0.25, -0.2) is 0 Å². The second kappa shape index (κ2) is 33.7. The van der Waals surface area contributed by atoms with Gasteiger partial charge in [-0.3, -0.25) is 0 Å². The first kappa shape index (κ1) is 54.7. The van der Waals surface area contributed by atoms with Gasteiger partial charge in [-0.1, -0.05) is 141 Å². The van der Waals surface area contributed by atoms with Gasteiger partial charge < -0.3 is 0 Å². The summed E-state index contributed by atoms with van der Waals surface area (Å²) in [6.07, 6.45) is 28.7. The molecule has 0 N–H and O–H groups in total. The molecule has 0 spiro atoms. The Morgan fingerprint density at radius 2 is 0.540 bits per heavy atom. The fourth-order valence-corrected chi connectivity index (χ4v) is 16.2. The number of benzene rings is 2. The van der Waals surface area contributed by atoms with Gasteiger partial charge >= 0.3 is 99.2 Å². The van der Waals surface area contributed by atoms with Crippen molar-refractivity contribution in [3.8, 4) is 0 Å². The van der Waals surface area contributed by atoms with Crippen LogP contribution in [-0.2, 0) is 30.3 Å². The third kappa shape index (κ3) is 36.3. The summed E-state index contributed by atoms with van der Waals surface area (Å²) in [5, 5.41) is 0. The van der Waals surface area contributed by atoms with E-state index in [2.05, 4.69) is 102 Å². The summed E-state index contributed by atoms with van der Waals surface area (Å²) in [6.45, 7) is 14.1. The Morgan fingerprint density at radius 1 is 0.360 bits per heavy atom. The van der Waals surface area contributed by atoms with Crippen LogP contribution in [-0.4, -0.2) is 37.0 Å². The minimum atomic E-state index is -2.49. The Bertz CT molecular complexity index is 872. The molecule has 12 heteroatoms. The third-order valence-corrected chi connectivity index (χ3v) is 18.3. The van der Waals surface area contributed by atoms with Gasteiger partial charge in [0.05, 0.1) is 49.3 Å². The summed E-state index contributed by atoms with van der Waals surface area (Å²) in [4.78, 5) is 0. The van der Waals surface area contributed by atoms with Gasteiger partial charge in [0.25, 0.3) is 0 Å². The minimum absolute atomic E-state index is 0.768. The first-order chi connectivity index (χ1) is 23.5. The molecule has 2 aromatic rings. The Balaban J connectivity index is 0. The van der Waals surface area contributed by atoms with Gasteiger partial charge in [-0.2, -0.15) is 0 Å². The molecular weight excluding hydrogens is 920 g/mol. The molecule has 0 aliphatic carbocycles. The number of halogens is 8. The number of rotatable bonds is 22. The van der Waals surface area contributed by atoms with Gasteiger partial charge in [-0.15, -0.1) is 0 Å². The van der Waals surface area contributed by atoms with E-state index in [-0.39, 0.29) is 0 Å². The van der Waals surface area contributed by atoms with Crippen LogP contribution in [0.2, 0.25) is 0 Å². The van der Waals surface area contributed by atoms with Crippen molar-refractivity contribution in [3.63, 3.8) is 0 Å². The zero-order chi connectivity index (χ0) is 38.4. The zero-order valence-corrected chi connectivity index (χ0v) is 41.4. The quantitative estimate of drug-likeness (QED) is 0.103. The summed E-state index contributed by atoms with van der Waals surface area (Å²) in [5.74, 6) is 0. The van der Waals surface area contributed by atoms with E-state index in [9.17, 15) is 0 Å². The van der Waals surface area contributed by atoms with E-state index in [0.29, 0.717) is 0 Å². The van der Waals surface area contributed by atoms with Crippen molar-refractivity contribution in [1.82, 2.24) is 0 Å². The summed E-state index contributed by atoms with van der Waals surface area (Å²) >= 11 is 0. The topological polar surface area (TPSA) is 0 Å². The second-order valence-electron chi connectivity index (χ2n) is 13.0. The van der Waals surface area contributed by atoms with Gasteiger partial charge in [0.1, 0.15) is 0 Å². The van der Waals surface area contributed by atoms with Crippen LogP contribution in [0.15, 0.2) is 60.7 Å². The summed E-state index contributed by atoms with van der Waals surface area (Å²) in [6, 6.07) is 22.5. The molecular formula is C38H68Cl8Co2P2. The number of unbranched alkanes of at least 4 members (excludes halogenated alkanes) is 6. The van der Waals surface area contributed by atoms with Crippen LogP contribution in [0.1, 0.15) is 130 Å². The summed E-state index contributed by atoms with van der Waals surface area (Å²) in [7, 11) is 33.0. The van der Waals surface area contributed by atoms with Crippen LogP contribution in [0.4, 0.5) is 0 Å². The molecule has 304 valence electrons. The molecule has 0 heterocycles. The average Bonchev–Trinajstić information content (AvgIpc) is 3.05. The molecule has 0 fully saturated rings. The van der Waals surface area contributed by atoms with Crippen molar-refractivity contribution in [2.45, 2.75) is 131 Å². The van der Waals surface area contributed by atoms with Gasteiger partial charge in [0, 0.05) is 14.5 Å². The molecule has 0 aliphatic heterocycles. The second-order valence-corrected chi connectivity index (χ2v) is 42.3. The first-order valence-electron chi connectivity index (χ1n) is 18.3. The van der Waals surface area contributed by atoms with Crippen LogP contribution in [0.5, 0.6) is 0 Å². The van der Waals surface area contributed by atoms with E-state index in [1.165, 1.54) is 126 Å². The van der Waals surface area contributed by atoms with Crippen LogP contribution < -0.4 is 0 Å². The molecule has 0 aliphatic rings. The molecule has 0 bridgehead atoms. The van der Waals surface area contributed by atoms with Crippen LogP contribution in [0, 0.1) is 0 Å². The van der Waals surface area contributed by atoms with Crippen molar-refractivity contribution in [1.29, 1.82) is 0 Å². The van der Waals surface area contributed by atoms with Crippen LogP contribution in [0.3, 0.4) is 0 Å². The molecule has 0 nitrogen and oxygen atoms in total. The normalized spacial score (nSPS) is 12.4. The fourth-order valence-electron chi connectivity index (χ4n) is 6.05. The van der Waals surface area contributed by atoms with Crippen LogP contribution >= 0.6 is 95.7 Å². The maximum atomic E-state index is 4.94.